The Balaban J connectivity index is 1.96. The molecule has 3 heteroatoms. The van der Waals surface area contributed by atoms with E-state index in [0.29, 0.717) is 0 Å². The zero-order chi connectivity index (χ0) is 17.7. The Morgan fingerprint density at radius 2 is 1.68 bits per heavy atom. The molecule has 4 rings (SSSR count). The summed E-state index contributed by atoms with van der Waals surface area (Å²) in [5.41, 5.74) is 10.3. The molecule has 0 aliphatic carbocycles. The first kappa shape index (κ1) is 16.2. The molecule has 2 heterocycles. The van der Waals surface area contributed by atoms with Gasteiger partial charge in [-0.15, -0.1) is 0 Å². The van der Waals surface area contributed by atoms with Crippen LogP contribution in [0.1, 0.15) is 45.1 Å². The molecule has 1 atom stereocenters. The Morgan fingerprint density at radius 3 is 2.44 bits per heavy atom. The zero-order valence-corrected chi connectivity index (χ0v) is 15.7. The topological polar surface area (TPSA) is 37.0 Å². The molecular weight excluding hydrogens is 308 g/mol. The van der Waals surface area contributed by atoms with E-state index in [9.17, 15) is 0 Å². The van der Waals surface area contributed by atoms with Crippen LogP contribution in [-0.4, -0.2) is 18.6 Å². The van der Waals surface area contributed by atoms with E-state index >= 15 is 0 Å². The van der Waals surface area contributed by atoms with Gasteiger partial charge in [-0.2, -0.15) is 0 Å². The standard InChI is InChI=1S/C22H26N2O/c1-12-9-15(4)22(25-5)17(10-12)20-21-16(6-7-23-20)19-14(3)8-13(2)11-18(19)24-21/h8-11,20,23-24H,6-7H2,1-5H3. The average molecular weight is 334 g/mol. The summed E-state index contributed by atoms with van der Waals surface area (Å²) in [6.07, 6.45) is 1.06. The van der Waals surface area contributed by atoms with Crippen molar-refractivity contribution in [3.63, 3.8) is 0 Å². The average Bonchev–Trinajstić information content (AvgIpc) is 2.92. The van der Waals surface area contributed by atoms with Gasteiger partial charge in [-0.3, -0.25) is 0 Å². The van der Waals surface area contributed by atoms with Crippen molar-refractivity contribution in [2.45, 2.75) is 40.2 Å². The molecule has 2 N–H and O–H groups in total. The van der Waals surface area contributed by atoms with Crippen LogP contribution < -0.4 is 10.1 Å². The quantitative estimate of drug-likeness (QED) is 0.716. The van der Waals surface area contributed by atoms with E-state index in [1.165, 1.54) is 50.0 Å². The van der Waals surface area contributed by atoms with E-state index in [0.717, 1.165) is 18.7 Å². The number of aromatic amines is 1. The molecule has 130 valence electrons. The lowest BCUT2D eigenvalue weighted by atomic mass is 9.90. The highest BCUT2D eigenvalue weighted by molar-refractivity contribution is 5.89. The second-order valence-electron chi connectivity index (χ2n) is 7.36. The third-order valence-corrected chi connectivity index (χ3v) is 5.35. The van der Waals surface area contributed by atoms with Gasteiger partial charge in [0.1, 0.15) is 5.75 Å². The van der Waals surface area contributed by atoms with Crippen molar-refractivity contribution >= 4 is 10.9 Å². The first-order valence-electron chi connectivity index (χ1n) is 8.99. The molecule has 0 radical (unpaired) electrons. The van der Waals surface area contributed by atoms with Crippen molar-refractivity contribution in [2.75, 3.05) is 13.7 Å². The van der Waals surface area contributed by atoms with Crippen LogP contribution in [0.25, 0.3) is 10.9 Å². The molecule has 0 saturated carbocycles. The maximum absolute atomic E-state index is 5.76. The number of methoxy groups -OCH3 is 1. The number of H-pyrrole nitrogens is 1. The van der Waals surface area contributed by atoms with Gasteiger partial charge in [-0.25, -0.2) is 0 Å². The molecule has 3 aromatic rings. The number of fused-ring (bicyclic) bond motifs is 3. The molecule has 2 aromatic carbocycles. The number of aryl methyl sites for hydroxylation is 4. The summed E-state index contributed by atoms with van der Waals surface area (Å²) in [5, 5.41) is 5.10. The number of nitrogens with one attached hydrogen (secondary N) is 2. The van der Waals surface area contributed by atoms with Crippen molar-refractivity contribution in [1.29, 1.82) is 0 Å². The van der Waals surface area contributed by atoms with Crippen LogP contribution in [0, 0.1) is 27.7 Å². The lowest BCUT2D eigenvalue weighted by Gasteiger charge is -2.27. The third kappa shape index (κ3) is 2.54. The van der Waals surface area contributed by atoms with Crippen molar-refractivity contribution < 1.29 is 4.74 Å². The lowest BCUT2D eigenvalue weighted by Crippen LogP contribution is -2.31. The minimum atomic E-state index is 0.143. The van der Waals surface area contributed by atoms with Gasteiger partial charge in [-0.1, -0.05) is 23.8 Å². The molecule has 0 fully saturated rings. The van der Waals surface area contributed by atoms with Gasteiger partial charge < -0.3 is 15.0 Å². The smallest absolute Gasteiger partial charge is 0.126 e. The fourth-order valence-electron chi connectivity index (χ4n) is 4.52. The summed E-state index contributed by atoms with van der Waals surface area (Å²) in [7, 11) is 1.77. The third-order valence-electron chi connectivity index (χ3n) is 5.35. The SMILES string of the molecule is COc1c(C)cc(C)cc1C1NCCc2c1[nH]c1cc(C)cc(C)c21. The molecule has 25 heavy (non-hydrogen) atoms. The summed E-state index contributed by atoms with van der Waals surface area (Å²) in [5.74, 6) is 0.988. The van der Waals surface area contributed by atoms with Crippen LogP contribution in [0.5, 0.6) is 5.75 Å². The molecular formula is C22H26N2O. The molecule has 0 spiro atoms. The van der Waals surface area contributed by atoms with Gasteiger partial charge in [0.25, 0.3) is 0 Å². The van der Waals surface area contributed by atoms with Crippen LogP contribution in [0.4, 0.5) is 0 Å². The Labute approximate surface area is 149 Å². The van der Waals surface area contributed by atoms with E-state index < -0.39 is 0 Å². The van der Waals surface area contributed by atoms with Crippen LogP contribution in [-0.2, 0) is 6.42 Å². The summed E-state index contributed by atoms with van der Waals surface area (Å²) in [4.78, 5) is 3.72. The number of aromatic nitrogens is 1. The number of ether oxygens (including phenoxy) is 1. The van der Waals surface area contributed by atoms with Gasteiger partial charge >= 0.3 is 0 Å². The molecule has 1 unspecified atom stereocenters. The number of hydrogen-bond acceptors (Lipinski definition) is 2. The maximum Gasteiger partial charge on any atom is 0.126 e. The predicted molar refractivity (Wildman–Crippen MR) is 104 cm³/mol. The van der Waals surface area contributed by atoms with Gasteiger partial charge in [0.05, 0.1) is 13.2 Å². The molecule has 1 aliphatic heterocycles. The number of hydrogen-bond donors (Lipinski definition) is 2. The highest BCUT2D eigenvalue weighted by Crippen LogP contribution is 2.39. The van der Waals surface area contributed by atoms with Crippen molar-refractivity contribution in [2.24, 2.45) is 0 Å². The summed E-state index contributed by atoms with van der Waals surface area (Å²) < 4.78 is 5.76. The predicted octanol–water partition coefficient (Wildman–Crippen LogP) is 4.65. The second-order valence-corrected chi connectivity index (χ2v) is 7.36. The normalized spacial score (nSPS) is 16.9. The molecule has 1 aliphatic rings. The Morgan fingerprint density at radius 1 is 0.960 bits per heavy atom. The monoisotopic (exact) mass is 334 g/mol. The van der Waals surface area contributed by atoms with E-state index in [1.807, 2.05) is 0 Å². The minimum Gasteiger partial charge on any atom is -0.496 e. The Hall–Kier alpha value is -2.26. The molecule has 0 bridgehead atoms. The van der Waals surface area contributed by atoms with Gasteiger partial charge in [-0.05, 0) is 62.4 Å². The van der Waals surface area contributed by atoms with Crippen LogP contribution in [0.2, 0.25) is 0 Å². The van der Waals surface area contributed by atoms with Crippen LogP contribution in [0.15, 0.2) is 24.3 Å². The highest BCUT2D eigenvalue weighted by Gasteiger charge is 2.28. The van der Waals surface area contributed by atoms with E-state index in [4.69, 9.17) is 4.74 Å². The largest absolute Gasteiger partial charge is 0.496 e. The Bertz CT molecular complexity index is 968. The molecule has 0 amide bonds. The fraction of sp³-hybridized carbons (Fsp3) is 0.364. The van der Waals surface area contributed by atoms with Gasteiger partial charge in [0, 0.05) is 28.7 Å². The van der Waals surface area contributed by atoms with E-state index in [2.05, 4.69) is 62.3 Å². The molecule has 1 aromatic heterocycles. The number of benzene rings is 2. The Kier molecular flexibility index (Phi) is 3.84. The van der Waals surface area contributed by atoms with Crippen molar-refractivity contribution in [3.8, 4) is 5.75 Å². The summed E-state index contributed by atoms with van der Waals surface area (Å²) in [6, 6.07) is 9.12. The van der Waals surface area contributed by atoms with Crippen LogP contribution >= 0.6 is 0 Å². The highest BCUT2D eigenvalue weighted by atomic mass is 16.5. The maximum atomic E-state index is 5.76. The first-order valence-corrected chi connectivity index (χ1v) is 8.99. The van der Waals surface area contributed by atoms with E-state index in [-0.39, 0.29) is 6.04 Å². The minimum absolute atomic E-state index is 0.143. The van der Waals surface area contributed by atoms with Crippen molar-refractivity contribution in [3.05, 3.63) is 63.3 Å². The zero-order valence-electron chi connectivity index (χ0n) is 15.7. The first-order chi connectivity index (χ1) is 12.0. The second kappa shape index (κ2) is 5.92. The van der Waals surface area contributed by atoms with Crippen LogP contribution in [0.3, 0.4) is 0 Å². The lowest BCUT2D eigenvalue weighted by molar-refractivity contribution is 0.398. The van der Waals surface area contributed by atoms with E-state index in [1.54, 1.807) is 7.11 Å². The molecule has 3 nitrogen and oxygen atoms in total. The fourth-order valence-corrected chi connectivity index (χ4v) is 4.52. The van der Waals surface area contributed by atoms with Gasteiger partial charge in [0.2, 0.25) is 0 Å². The van der Waals surface area contributed by atoms with Gasteiger partial charge in [0.15, 0.2) is 0 Å². The number of rotatable bonds is 2. The summed E-state index contributed by atoms with van der Waals surface area (Å²) >= 11 is 0. The molecule has 0 saturated heterocycles. The summed E-state index contributed by atoms with van der Waals surface area (Å²) in [6.45, 7) is 9.64. The van der Waals surface area contributed by atoms with Crippen molar-refractivity contribution in [1.82, 2.24) is 10.3 Å².